The summed E-state index contributed by atoms with van der Waals surface area (Å²) in [5.41, 5.74) is 0. The van der Waals surface area contributed by atoms with Gasteiger partial charge in [0.2, 0.25) is 0 Å². The number of rotatable bonds is 3. The lowest BCUT2D eigenvalue weighted by Crippen LogP contribution is -2.19. The Hall–Kier alpha value is -0.0331. The molecule has 0 radical (unpaired) electrons. The fourth-order valence-corrected chi connectivity index (χ4v) is 0.918. The molecule has 0 amide bonds. The molecule has 0 heterocycles. The van der Waals surface area contributed by atoms with Gasteiger partial charge in [0.05, 0.1) is 6.61 Å². The number of hydrogen-bond donors (Lipinski definition) is 0. The molecule has 10 heavy (non-hydrogen) atoms. The minimum Gasteiger partial charge on any atom is -0.487 e. The molecule has 0 aliphatic rings. The molecule has 5 heteroatoms. The number of thiocarbonyl (C=S) groups is 1. The van der Waals surface area contributed by atoms with Gasteiger partial charge in [-0.25, -0.2) is 0 Å². The van der Waals surface area contributed by atoms with Crippen LogP contribution in [-0.2, 0) is 4.74 Å². The summed E-state index contributed by atoms with van der Waals surface area (Å²) in [5.74, 6) is 0. The fraction of sp³-hybridized carbons (Fsp3) is 0.800. The van der Waals surface area contributed by atoms with Gasteiger partial charge in [-0.2, -0.15) is 0 Å². The summed E-state index contributed by atoms with van der Waals surface area (Å²) >= 11 is 4.53. The Labute approximate surface area is 65.7 Å². The van der Waals surface area contributed by atoms with E-state index in [9.17, 15) is 8.22 Å². The minimum absolute atomic E-state index is 0.0606. The molecule has 0 aliphatic heterocycles. The highest BCUT2D eigenvalue weighted by Crippen LogP contribution is 2.11. The first kappa shape index (κ1) is 9.97. The zero-order valence-corrected chi connectivity index (χ0v) is 7.80. The number of hydrogen-bond acceptors (Lipinski definition) is 2. The van der Waals surface area contributed by atoms with E-state index in [0.29, 0.717) is 5.05 Å². The Morgan fingerprint density at radius 2 is 2.10 bits per heavy atom. The molecule has 0 bridgehead atoms. The van der Waals surface area contributed by atoms with Gasteiger partial charge in [-0.15, -0.1) is 0 Å². The van der Waals surface area contributed by atoms with Crippen molar-refractivity contribution in [1.29, 1.82) is 0 Å². The van der Waals surface area contributed by atoms with Gasteiger partial charge >= 0.3 is 8.74 Å². The first-order valence-electron chi connectivity index (χ1n) is 2.93. The average Bonchev–Trinajstić information content (AvgIpc) is 1.59. The molecule has 0 aromatic carbocycles. The highest BCUT2D eigenvalue weighted by molar-refractivity contribution is 7.80. The molecule has 0 saturated heterocycles. The smallest absolute Gasteiger partial charge is 0.425 e. The van der Waals surface area contributed by atoms with Gasteiger partial charge in [-0.1, -0.05) is 0 Å². The van der Waals surface area contributed by atoms with Crippen molar-refractivity contribution in [2.45, 2.75) is 19.5 Å². The highest BCUT2D eigenvalue weighted by atomic mass is 32.1. The van der Waals surface area contributed by atoms with Gasteiger partial charge in [0.1, 0.15) is 0 Å². The molecule has 0 spiro atoms. The fourth-order valence-electron chi connectivity index (χ4n) is 0.374. The molecule has 1 nitrogen and oxygen atoms in total. The summed E-state index contributed by atoms with van der Waals surface area (Å²) in [6.07, 6.45) is 0. The predicted octanol–water partition coefficient (Wildman–Crippen LogP) is 2.36. The average molecular weight is 184 g/mol. The molecule has 0 aromatic rings. The third-order valence-electron chi connectivity index (χ3n) is 0.846. The van der Waals surface area contributed by atoms with Gasteiger partial charge in [-0.3, -0.25) is 8.22 Å². The van der Waals surface area contributed by atoms with Crippen molar-refractivity contribution in [2.75, 3.05) is 6.61 Å². The summed E-state index contributed by atoms with van der Waals surface area (Å²) in [6.45, 7) is 2.63. The summed E-state index contributed by atoms with van der Waals surface area (Å²) in [6, 6.07) is -0.138. The first-order valence-corrected chi connectivity index (χ1v) is 5.80. The Balaban J connectivity index is 3.29. The Morgan fingerprint density at radius 3 is 2.40 bits per heavy atom. The van der Waals surface area contributed by atoms with Crippen LogP contribution in [0.2, 0.25) is 12.6 Å². The molecule has 0 aliphatic carbocycles. The van der Waals surface area contributed by atoms with E-state index in [0.717, 1.165) is 6.55 Å². The third-order valence-corrected chi connectivity index (χ3v) is 2.05. The second kappa shape index (κ2) is 3.97. The van der Waals surface area contributed by atoms with Gasteiger partial charge in [0.25, 0.3) is 0 Å². The quantitative estimate of drug-likeness (QED) is 0.378. The van der Waals surface area contributed by atoms with Gasteiger partial charge < -0.3 is 4.74 Å². The monoisotopic (exact) mass is 184 g/mol. The van der Waals surface area contributed by atoms with Gasteiger partial charge in [-0.05, 0) is 18.8 Å². The van der Waals surface area contributed by atoms with E-state index in [1.807, 2.05) is 0 Å². The van der Waals surface area contributed by atoms with Crippen LogP contribution in [0.25, 0.3) is 0 Å². The summed E-state index contributed by atoms with van der Waals surface area (Å²) in [7, 11) is -3.91. The maximum Gasteiger partial charge on any atom is 0.425 e. The first-order chi connectivity index (χ1) is 4.42. The third kappa shape index (κ3) is 7.97. The zero-order valence-electron chi connectivity index (χ0n) is 5.99. The molecule has 0 aromatic heterocycles. The lowest BCUT2D eigenvalue weighted by Gasteiger charge is -2.06. The molecular formula is C5H10F2OSSi. The van der Waals surface area contributed by atoms with Crippen LogP contribution >= 0.6 is 12.2 Å². The molecule has 0 fully saturated rings. The zero-order chi connectivity index (χ0) is 8.20. The molecule has 0 rings (SSSR count). The number of halogens is 2. The van der Waals surface area contributed by atoms with Crippen LogP contribution in [0.4, 0.5) is 8.22 Å². The van der Waals surface area contributed by atoms with Crippen molar-refractivity contribution in [3.63, 3.8) is 0 Å². The van der Waals surface area contributed by atoms with Crippen molar-refractivity contribution in [2.24, 2.45) is 0 Å². The molecule has 0 unspecified atom stereocenters. The summed E-state index contributed by atoms with van der Waals surface area (Å²) in [4.78, 5) is 0. The topological polar surface area (TPSA) is 9.23 Å². The maximum absolute atomic E-state index is 12.2. The predicted molar refractivity (Wildman–Crippen MR) is 42.9 cm³/mol. The van der Waals surface area contributed by atoms with Crippen molar-refractivity contribution in [1.82, 2.24) is 0 Å². The van der Waals surface area contributed by atoms with Crippen molar-refractivity contribution >= 4 is 26.0 Å². The maximum atomic E-state index is 12.2. The van der Waals surface area contributed by atoms with Crippen LogP contribution in [0.15, 0.2) is 0 Å². The van der Waals surface area contributed by atoms with E-state index in [-0.39, 0.29) is 12.7 Å². The minimum atomic E-state index is -3.91. The highest BCUT2D eigenvalue weighted by Gasteiger charge is 2.27. The van der Waals surface area contributed by atoms with Crippen LogP contribution in [0, 0.1) is 0 Å². The van der Waals surface area contributed by atoms with E-state index < -0.39 is 8.74 Å². The largest absolute Gasteiger partial charge is 0.487 e. The van der Waals surface area contributed by atoms with Crippen molar-refractivity contribution in [3.05, 3.63) is 0 Å². The van der Waals surface area contributed by atoms with Crippen LogP contribution < -0.4 is 0 Å². The normalized spacial score (nSPS) is 11.2. The Morgan fingerprint density at radius 1 is 1.60 bits per heavy atom. The van der Waals surface area contributed by atoms with E-state index >= 15 is 0 Å². The van der Waals surface area contributed by atoms with Crippen LogP contribution in [0.3, 0.4) is 0 Å². The molecule has 60 valence electrons. The molecule has 0 atom stereocenters. The second-order valence-corrected chi connectivity index (χ2v) is 5.38. The molecule has 0 N–H and O–H groups in total. The van der Waals surface area contributed by atoms with Crippen LogP contribution in [-0.4, -0.2) is 20.4 Å². The standard InChI is InChI=1S/C5H10F2OSSi/c1-5(9)8-3-4-10(2,6)7/h3-4H2,1-2H3. The Bertz CT molecular complexity index is 123. The number of ether oxygens (including phenoxy) is 1. The van der Waals surface area contributed by atoms with Crippen molar-refractivity contribution < 1.29 is 13.0 Å². The van der Waals surface area contributed by atoms with Crippen LogP contribution in [0.5, 0.6) is 0 Å². The Kier molecular flexibility index (Phi) is 3.96. The summed E-state index contributed by atoms with van der Waals surface area (Å²) < 4.78 is 29.1. The van der Waals surface area contributed by atoms with E-state index in [2.05, 4.69) is 12.2 Å². The lowest BCUT2D eigenvalue weighted by atomic mass is 10.8. The second-order valence-electron chi connectivity index (χ2n) is 2.16. The molecule has 0 saturated carbocycles. The molecular weight excluding hydrogens is 174 g/mol. The van der Waals surface area contributed by atoms with E-state index in [1.165, 1.54) is 0 Å². The summed E-state index contributed by atoms with van der Waals surface area (Å²) in [5, 5.41) is 0.332. The van der Waals surface area contributed by atoms with Crippen molar-refractivity contribution in [3.8, 4) is 0 Å². The lowest BCUT2D eigenvalue weighted by molar-refractivity contribution is 0.324. The van der Waals surface area contributed by atoms with Gasteiger partial charge in [0.15, 0.2) is 5.05 Å². The van der Waals surface area contributed by atoms with Gasteiger partial charge in [0, 0.05) is 13.0 Å². The van der Waals surface area contributed by atoms with E-state index in [4.69, 9.17) is 4.74 Å². The van der Waals surface area contributed by atoms with Crippen LogP contribution in [0.1, 0.15) is 6.92 Å². The SMILES string of the molecule is CC(=S)OCC[Si](C)(F)F. The van der Waals surface area contributed by atoms with E-state index in [1.54, 1.807) is 6.92 Å².